The van der Waals surface area contributed by atoms with E-state index in [0.717, 1.165) is 15.4 Å². The second kappa shape index (κ2) is 6.26. The van der Waals surface area contributed by atoms with Gasteiger partial charge < -0.3 is 0 Å². The van der Waals surface area contributed by atoms with E-state index in [4.69, 9.17) is 0 Å². The minimum atomic E-state index is 0.0135. The van der Waals surface area contributed by atoms with Crippen LogP contribution in [0.5, 0.6) is 0 Å². The van der Waals surface area contributed by atoms with Crippen LogP contribution >= 0.6 is 31.9 Å². The van der Waals surface area contributed by atoms with Gasteiger partial charge in [0.05, 0.1) is 0 Å². The van der Waals surface area contributed by atoms with E-state index in [0.29, 0.717) is 0 Å². The van der Waals surface area contributed by atoms with E-state index in [2.05, 4.69) is 108 Å². The normalized spacial score (nSPS) is 12.5. The lowest BCUT2D eigenvalue weighted by atomic mass is 9.67. The third-order valence-corrected chi connectivity index (χ3v) is 4.90. The van der Waals surface area contributed by atoms with Crippen molar-refractivity contribution in [1.82, 2.24) is 0 Å². The molecule has 0 N–H and O–H groups in total. The summed E-state index contributed by atoms with van der Waals surface area (Å²) in [6.07, 6.45) is 1.10. The molecule has 0 nitrogen and oxygen atoms in total. The summed E-state index contributed by atoms with van der Waals surface area (Å²) < 4.78 is 2.25. The third-order valence-electron chi connectivity index (χ3n) is 3.85. The molecule has 2 heteroatoms. The Morgan fingerprint density at radius 3 is 1.29 bits per heavy atom. The van der Waals surface area contributed by atoms with E-state index < -0.39 is 0 Å². The molecule has 0 atom stereocenters. The molecule has 0 bridgehead atoms. The maximum Gasteiger partial charge on any atom is 0.0179 e. The van der Waals surface area contributed by atoms with E-state index in [-0.39, 0.29) is 10.8 Å². The fourth-order valence-corrected chi connectivity index (χ4v) is 3.60. The summed E-state index contributed by atoms with van der Waals surface area (Å²) in [6.45, 7) is 9.28. The number of hydrogen-bond acceptors (Lipinski definition) is 0. The lowest BCUT2D eigenvalue weighted by Gasteiger charge is -2.37. The van der Waals surface area contributed by atoms with Crippen molar-refractivity contribution in [3.63, 3.8) is 0 Å². The van der Waals surface area contributed by atoms with Gasteiger partial charge in [0.1, 0.15) is 0 Å². The fourth-order valence-electron chi connectivity index (χ4n) is 3.07. The highest BCUT2D eigenvalue weighted by Gasteiger charge is 2.33. The molecule has 0 aliphatic rings. The molecule has 2 aromatic carbocycles. The van der Waals surface area contributed by atoms with Crippen LogP contribution in [0.25, 0.3) is 0 Å². The SMILES string of the molecule is CC(C)(C)CC(C)(c1ccc(Br)cc1)c1ccc(Br)cc1. The summed E-state index contributed by atoms with van der Waals surface area (Å²) in [5, 5.41) is 0. The number of benzene rings is 2. The molecular formula is C19H22Br2. The van der Waals surface area contributed by atoms with Crippen molar-refractivity contribution in [3.8, 4) is 0 Å². The van der Waals surface area contributed by atoms with Crippen LogP contribution < -0.4 is 0 Å². The highest BCUT2D eigenvalue weighted by Crippen LogP contribution is 2.42. The predicted molar refractivity (Wildman–Crippen MR) is 98.8 cm³/mol. The second-order valence-corrected chi connectivity index (χ2v) is 8.91. The highest BCUT2D eigenvalue weighted by molar-refractivity contribution is 9.10. The maximum absolute atomic E-state index is 3.53. The zero-order chi connectivity index (χ0) is 15.7. The van der Waals surface area contributed by atoms with Crippen molar-refractivity contribution in [2.45, 2.75) is 39.5 Å². The molecule has 0 saturated carbocycles. The molecule has 0 aromatic heterocycles. The second-order valence-electron chi connectivity index (χ2n) is 7.08. The van der Waals surface area contributed by atoms with E-state index in [1.54, 1.807) is 0 Å². The summed E-state index contributed by atoms with van der Waals surface area (Å²) >= 11 is 7.07. The van der Waals surface area contributed by atoms with Gasteiger partial charge in [-0.25, -0.2) is 0 Å². The Morgan fingerprint density at radius 1 is 0.667 bits per heavy atom. The smallest absolute Gasteiger partial charge is 0.0179 e. The van der Waals surface area contributed by atoms with Crippen molar-refractivity contribution in [2.24, 2.45) is 5.41 Å². The molecule has 0 aliphatic heterocycles. The summed E-state index contributed by atoms with van der Waals surface area (Å²) in [7, 11) is 0. The number of halogens is 2. The summed E-state index contributed by atoms with van der Waals surface area (Å²) in [5.41, 5.74) is 3.00. The largest absolute Gasteiger partial charge is 0.0601 e. The third kappa shape index (κ3) is 4.20. The molecular weight excluding hydrogens is 388 g/mol. The van der Waals surface area contributed by atoms with Crippen LogP contribution in [0.4, 0.5) is 0 Å². The van der Waals surface area contributed by atoms with Crippen LogP contribution in [0, 0.1) is 5.41 Å². The molecule has 0 aliphatic carbocycles. The molecule has 21 heavy (non-hydrogen) atoms. The van der Waals surface area contributed by atoms with Gasteiger partial charge in [-0.2, -0.15) is 0 Å². The Kier molecular flexibility index (Phi) is 4.99. The first-order valence-corrected chi connectivity index (χ1v) is 8.81. The quantitative estimate of drug-likeness (QED) is 0.514. The van der Waals surface area contributed by atoms with Crippen molar-refractivity contribution < 1.29 is 0 Å². The fraction of sp³-hybridized carbons (Fsp3) is 0.368. The van der Waals surface area contributed by atoms with Gasteiger partial charge in [0.2, 0.25) is 0 Å². The van der Waals surface area contributed by atoms with Crippen molar-refractivity contribution in [2.75, 3.05) is 0 Å². The standard InChI is InChI=1S/C19H22Br2/c1-18(2,3)13-19(4,14-5-9-16(20)10-6-14)15-7-11-17(21)12-8-15/h5-12H,13H2,1-4H3. The van der Waals surface area contributed by atoms with Gasteiger partial charge in [0.15, 0.2) is 0 Å². The van der Waals surface area contributed by atoms with Gasteiger partial charge in [-0.15, -0.1) is 0 Å². The van der Waals surface area contributed by atoms with Crippen LogP contribution in [0.1, 0.15) is 45.2 Å². The molecule has 0 saturated heterocycles. The Bertz CT molecular complexity index is 543. The van der Waals surface area contributed by atoms with E-state index in [9.17, 15) is 0 Å². The zero-order valence-corrected chi connectivity index (χ0v) is 16.3. The van der Waals surface area contributed by atoms with Crippen molar-refractivity contribution >= 4 is 31.9 Å². The van der Waals surface area contributed by atoms with Gasteiger partial charge in [-0.3, -0.25) is 0 Å². The average Bonchev–Trinajstić information content (AvgIpc) is 2.38. The molecule has 2 aromatic rings. The van der Waals surface area contributed by atoms with Gasteiger partial charge in [-0.1, -0.05) is 83.8 Å². The Labute approximate surface area is 145 Å². The van der Waals surface area contributed by atoms with Gasteiger partial charge in [-0.05, 0) is 47.2 Å². The molecule has 2 rings (SSSR count). The zero-order valence-electron chi connectivity index (χ0n) is 13.1. The Morgan fingerprint density at radius 2 is 1.00 bits per heavy atom. The minimum absolute atomic E-state index is 0.0135. The van der Waals surface area contributed by atoms with Crippen LogP contribution in [0.2, 0.25) is 0 Å². The minimum Gasteiger partial charge on any atom is -0.0601 e. The van der Waals surface area contributed by atoms with Crippen molar-refractivity contribution in [3.05, 3.63) is 68.6 Å². The number of rotatable bonds is 3. The first-order valence-electron chi connectivity index (χ1n) is 7.23. The molecule has 0 spiro atoms. The molecule has 0 radical (unpaired) electrons. The molecule has 0 amide bonds. The lowest BCUT2D eigenvalue weighted by molar-refractivity contribution is 0.299. The highest BCUT2D eigenvalue weighted by atomic mass is 79.9. The maximum atomic E-state index is 3.53. The predicted octanol–water partition coefficient (Wildman–Crippen LogP) is 6.95. The monoisotopic (exact) mass is 408 g/mol. The molecule has 0 heterocycles. The Hall–Kier alpha value is -0.600. The van der Waals surface area contributed by atoms with Crippen molar-refractivity contribution in [1.29, 1.82) is 0 Å². The topological polar surface area (TPSA) is 0 Å². The molecule has 0 unspecified atom stereocenters. The van der Waals surface area contributed by atoms with E-state index in [1.807, 2.05) is 0 Å². The molecule has 0 fully saturated rings. The lowest BCUT2D eigenvalue weighted by Crippen LogP contribution is -2.29. The summed E-state index contributed by atoms with van der Waals surface area (Å²) in [6, 6.07) is 17.5. The first-order chi connectivity index (χ1) is 9.71. The van der Waals surface area contributed by atoms with Crippen LogP contribution in [0.15, 0.2) is 57.5 Å². The molecule has 112 valence electrons. The van der Waals surface area contributed by atoms with Crippen LogP contribution in [0.3, 0.4) is 0 Å². The van der Waals surface area contributed by atoms with Gasteiger partial charge in [0.25, 0.3) is 0 Å². The van der Waals surface area contributed by atoms with Gasteiger partial charge in [0, 0.05) is 14.4 Å². The summed E-state index contributed by atoms with van der Waals surface area (Å²) in [4.78, 5) is 0. The average molecular weight is 410 g/mol. The summed E-state index contributed by atoms with van der Waals surface area (Å²) in [5.74, 6) is 0. The Balaban J connectivity index is 2.53. The first kappa shape index (κ1) is 16.8. The van der Waals surface area contributed by atoms with E-state index in [1.165, 1.54) is 11.1 Å². The van der Waals surface area contributed by atoms with E-state index >= 15 is 0 Å². The number of hydrogen-bond donors (Lipinski definition) is 0. The van der Waals surface area contributed by atoms with Crippen LogP contribution in [-0.2, 0) is 5.41 Å². The van der Waals surface area contributed by atoms with Crippen LogP contribution in [-0.4, -0.2) is 0 Å². The van der Waals surface area contributed by atoms with Gasteiger partial charge >= 0.3 is 0 Å².